The van der Waals surface area contributed by atoms with E-state index in [1.807, 2.05) is 74.6 Å². The van der Waals surface area contributed by atoms with Crippen molar-refractivity contribution < 1.29 is 19.4 Å². The number of nitrogens with one attached hydrogen (secondary N) is 2. The van der Waals surface area contributed by atoms with Crippen molar-refractivity contribution >= 4 is 34.1 Å². The van der Waals surface area contributed by atoms with Crippen LogP contribution >= 0.6 is 0 Å². The fourth-order valence-corrected chi connectivity index (χ4v) is 5.52. The molecule has 1 aromatic heterocycles. The summed E-state index contributed by atoms with van der Waals surface area (Å²) in [5.41, 5.74) is 3.09. The minimum atomic E-state index is -0.383. The van der Waals surface area contributed by atoms with Crippen molar-refractivity contribution in [1.82, 2.24) is 14.8 Å². The number of likely N-dealkylation sites (N-methyl/N-ethyl adjacent to an activating group) is 1. The number of aliphatic hydroxyl groups is 1. The zero-order chi connectivity index (χ0) is 30.3. The summed E-state index contributed by atoms with van der Waals surface area (Å²) in [5.74, 6) is 0.510. The van der Waals surface area contributed by atoms with Crippen LogP contribution in [-0.2, 0) is 17.8 Å². The Morgan fingerprint density at radius 1 is 1.09 bits per heavy atom. The normalized spacial score (nSPS) is 17.8. The minimum absolute atomic E-state index is 0.00642. The highest BCUT2D eigenvalue weighted by atomic mass is 16.5. The average molecular weight is 582 g/mol. The number of amides is 3. The van der Waals surface area contributed by atoms with E-state index in [-0.39, 0.29) is 43.0 Å². The largest absolute Gasteiger partial charge is 0.488 e. The second kappa shape index (κ2) is 13.7. The summed E-state index contributed by atoms with van der Waals surface area (Å²) in [6.07, 6.45) is 3.43. The van der Waals surface area contributed by atoms with Crippen LogP contribution in [-0.4, -0.2) is 70.7 Å². The molecule has 9 nitrogen and oxygen atoms in total. The van der Waals surface area contributed by atoms with E-state index in [0.717, 1.165) is 22.9 Å². The predicted octanol–water partition coefficient (Wildman–Crippen LogP) is 5.16. The molecule has 0 aliphatic carbocycles. The maximum atomic E-state index is 13.5. The average Bonchev–Trinajstić information content (AvgIpc) is 3.04. The summed E-state index contributed by atoms with van der Waals surface area (Å²) >= 11 is 0. The molecule has 3 N–H and O–H groups in total. The maximum Gasteiger partial charge on any atom is 0.323 e. The SMILES string of the molecule is C[C@@H]1CN([C@H](C)CO)C(=O)Cc2cc(NC(=O)Nc3cccc4ccccc34)ccc2O[C@H]1CN(C)Cc1ccncc1. The number of urea groups is 1. The second-order valence-corrected chi connectivity index (χ2v) is 11.4. The van der Waals surface area contributed by atoms with Crippen molar-refractivity contribution in [2.45, 2.75) is 39.0 Å². The van der Waals surface area contributed by atoms with Crippen LogP contribution in [0.5, 0.6) is 5.75 Å². The van der Waals surface area contributed by atoms with Crippen molar-refractivity contribution in [1.29, 1.82) is 0 Å². The van der Waals surface area contributed by atoms with Crippen LogP contribution in [0.2, 0.25) is 0 Å². The number of fused-ring (bicyclic) bond motifs is 2. The highest BCUT2D eigenvalue weighted by Crippen LogP contribution is 2.30. The second-order valence-electron chi connectivity index (χ2n) is 11.4. The van der Waals surface area contributed by atoms with Gasteiger partial charge in [0.1, 0.15) is 11.9 Å². The summed E-state index contributed by atoms with van der Waals surface area (Å²) in [7, 11) is 2.05. The van der Waals surface area contributed by atoms with Crippen LogP contribution in [0.15, 0.2) is 85.2 Å². The number of carbonyl (C=O) groups is 2. The smallest absolute Gasteiger partial charge is 0.323 e. The lowest BCUT2D eigenvalue weighted by atomic mass is 10.0. The van der Waals surface area contributed by atoms with Crippen LogP contribution < -0.4 is 15.4 Å². The first-order valence-electron chi connectivity index (χ1n) is 14.6. The van der Waals surface area contributed by atoms with E-state index in [4.69, 9.17) is 4.74 Å². The molecule has 0 radical (unpaired) electrons. The number of aliphatic hydroxyl groups excluding tert-OH is 1. The zero-order valence-electron chi connectivity index (χ0n) is 24.9. The van der Waals surface area contributed by atoms with Gasteiger partial charge in [-0.15, -0.1) is 0 Å². The highest BCUT2D eigenvalue weighted by Gasteiger charge is 2.31. The third-order valence-corrected chi connectivity index (χ3v) is 7.91. The van der Waals surface area contributed by atoms with E-state index >= 15 is 0 Å². The summed E-state index contributed by atoms with van der Waals surface area (Å²) in [4.78, 5) is 34.6. The Labute approximate surface area is 252 Å². The van der Waals surface area contributed by atoms with Crippen LogP contribution in [0.25, 0.3) is 10.8 Å². The fraction of sp³-hybridized carbons (Fsp3) is 0.324. The molecule has 43 heavy (non-hydrogen) atoms. The van der Waals surface area contributed by atoms with Gasteiger partial charge in [-0.2, -0.15) is 0 Å². The van der Waals surface area contributed by atoms with Crippen molar-refractivity contribution in [2.75, 3.05) is 37.4 Å². The van der Waals surface area contributed by atoms with Crippen LogP contribution in [0.4, 0.5) is 16.2 Å². The first-order chi connectivity index (χ1) is 20.8. The number of aromatic nitrogens is 1. The van der Waals surface area contributed by atoms with Crippen LogP contribution in [0, 0.1) is 5.92 Å². The Morgan fingerprint density at radius 3 is 2.65 bits per heavy atom. The summed E-state index contributed by atoms with van der Waals surface area (Å²) in [6.45, 7) is 5.62. The first-order valence-corrected chi connectivity index (χ1v) is 14.6. The van der Waals surface area contributed by atoms with Gasteiger partial charge >= 0.3 is 6.03 Å². The molecule has 1 aliphatic rings. The Kier molecular flexibility index (Phi) is 9.54. The van der Waals surface area contributed by atoms with Gasteiger partial charge in [-0.1, -0.05) is 43.3 Å². The monoisotopic (exact) mass is 581 g/mol. The molecule has 0 spiro atoms. The van der Waals surface area contributed by atoms with E-state index in [1.165, 1.54) is 0 Å². The molecule has 3 atom stereocenters. The molecule has 3 amide bonds. The molecular formula is C34H39N5O4. The fourth-order valence-electron chi connectivity index (χ4n) is 5.52. The number of hydrogen-bond acceptors (Lipinski definition) is 6. The first kappa shape index (κ1) is 30.0. The lowest BCUT2D eigenvalue weighted by molar-refractivity contribution is -0.134. The number of hydrogen-bond donors (Lipinski definition) is 3. The number of nitrogens with zero attached hydrogens (tertiary/aromatic N) is 3. The van der Waals surface area contributed by atoms with Crippen molar-refractivity contribution in [3.05, 3.63) is 96.3 Å². The summed E-state index contributed by atoms with van der Waals surface area (Å²) in [5, 5.41) is 17.8. The molecule has 3 aromatic carbocycles. The van der Waals surface area contributed by atoms with Crippen molar-refractivity contribution in [2.24, 2.45) is 5.92 Å². The number of anilines is 2. The van der Waals surface area contributed by atoms with Gasteiger partial charge in [-0.05, 0) is 61.3 Å². The van der Waals surface area contributed by atoms with E-state index in [2.05, 4.69) is 27.4 Å². The van der Waals surface area contributed by atoms with E-state index in [9.17, 15) is 14.7 Å². The van der Waals surface area contributed by atoms with E-state index in [1.54, 1.807) is 29.4 Å². The number of pyridine rings is 1. The van der Waals surface area contributed by atoms with Gasteiger partial charge in [-0.25, -0.2) is 4.79 Å². The Bertz CT molecular complexity index is 1560. The molecule has 0 fully saturated rings. The van der Waals surface area contributed by atoms with E-state index in [0.29, 0.717) is 35.8 Å². The minimum Gasteiger partial charge on any atom is -0.488 e. The lowest BCUT2D eigenvalue weighted by Crippen LogP contribution is -2.47. The highest BCUT2D eigenvalue weighted by molar-refractivity contribution is 6.06. The molecule has 5 rings (SSSR count). The number of benzene rings is 3. The standard InChI is InChI=1S/C34H39N5O4/c1-23-19-39(24(2)22-40)33(41)18-27-17-28(36-34(42)37-30-10-6-8-26-7-4-5-9-29(26)30)11-12-31(27)43-32(23)21-38(3)20-25-13-15-35-16-14-25/h4-17,23-24,32,40H,18-22H2,1-3H3,(H2,36,37,42)/t23-,24-,32+/m1/s1. The molecule has 224 valence electrons. The van der Waals surface area contributed by atoms with Gasteiger partial charge in [0, 0.05) is 54.6 Å². The van der Waals surface area contributed by atoms with E-state index < -0.39 is 0 Å². The molecule has 1 aliphatic heterocycles. The van der Waals surface area contributed by atoms with Crippen molar-refractivity contribution in [3.8, 4) is 5.75 Å². The third-order valence-electron chi connectivity index (χ3n) is 7.91. The molecule has 4 aromatic rings. The molecule has 0 unspecified atom stereocenters. The Morgan fingerprint density at radius 2 is 1.86 bits per heavy atom. The van der Waals surface area contributed by atoms with Gasteiger partial charge in [0.15, 0.2) is 0 Å². The quantitative estimate of drug-likeness (QED) is 0.265. The van der Waals surface area contributed by atoms with Crippen molar-refractivity contribution in [3.63, 3.8) is 0 Å². The number of rotatable bonds is 8. The molecule has 0 saturated carbocycles. The molecule has 0 bridgehead atoms. The lowest BCUT2D eigenvalue weighted by Gasteiger charge is -2.34. The van der Waals surface area contributed by atoms with Gasteiger partial charge in [-0.3, -0.25) is 14.7 Å². The van der Waals surface area contributed by atoms with Gasteiger partial charge in [0.05, 0.1) is 24.8 Å². The molecular weight excluding hydrogens is 542 g/mol. The molecule has 0 saturated heterocycles. The molecule has 2 heterocycles. The van der Waals surface area contributed by atoms with Gasteiger partial charge in [0.2, 0.25) is 5.91 Å². The number of carbonyl (C=O) groups excluding carboxylic acids is 2. The topological polar surface area (TPSA) is 107 Å². The third kappa shape index (κ3) is 7.49. The van der Waals surface area contributed by atoms with Gasteiger partial charge in [0.25, 0.3) is 0 Å². The summed E-state index contributed by atoms with van der Waals surface area (Å²) in [6, 6.07) is 22.3. The van der Waals surface area contributed by atoms with Gasteiger partial charge < -0.3 is 25.4 Å². The molecule has 9 heteroatoms. The van der Waals surface area contributed by atoms with Crippen LogP contribution in [0.3, 0.4) is 0 Å². The Balaban J connectivity index is 1.37. The zero-order valence-corrected chi connectivity index (χ0v) is 24.9. The Hall–Kier alpha value is -4.47. The summed E-state index contributed by atoms with van der Waals surface area (Å²) < 4.78 is 6.63. The predicted molar refractivity (Wildman–Crippen MR) is 169 cm³/mol. The number of ether oxygens (including phenoxy) is 1. The van der Waals surface area contributed by atoms with Crippen LogP contribution in [0.1, 0.15) is 25.0 Å². The maximum absolute atomic E-state index is 13.5.